The lowest BCUT2D eigenvalue weighted by atomic mass is 10.0. The highest BCUT2D eigenvalue weighted by Crippen LogP contribution is 2.33. The van der Waals surface area contributed by atoms with Crippen LogP contribution in [0.2, 0.25) is 0 Å². The second-order valence-electron chi connectivity index (χ2n) is 6.07. The lowest BCUT2D eigenvalue weighted by Crippen LogP contribution is -2.37. The first-order chi connectivity index (χ1) is 10.3. The number of benzene rings is 1. The first kappa shape index (κ1) is 16.1. The Hall–Kier alpha value is -2.30. The van der Waals surface area contributed by atoms with E-state index in [2.05, 4.69) is 0 Å². The zero-order valence-corrected chi connectivity index (χ0v) is 13.4. The quantitative estimate of drug-likeness (QED) is 0.787. The predicted octanol–water partition coefficient (Wildman–Crippen LogP) is 3.21. The van der Waals surface area contributed by atoms with Crippen LogP contribution in [0, 0.1) is 0 Å². The normalized spacial score (nSPS) is 15.0. The molecular formula is C17H21NO4. The number of carbonyl (C=O) groups excluding carboxylic acids is 2. The molecule has 118 valence electrons. The molecule has 5 heteroatoms. The van der Waals surface area contributed by atoms with Crippen LogP contribution in [0.15, 0.2) is 36.0 Å². The molecular weight excluding hydrogens is 282 g/mol. The molecule has 1 aromatic carbocycles. The summed E-state index contributed by atoms with van der Waals surface area (Å²) in [5, 5.41) is 0. The van der Waals surface area contributed by atoms with Crippen LogP contribution < -0.4 is 0 Å². The van der Waals surface area contributed by atoms with E-state index in [0.717, 1.165) is 11.1 Å². The van der Waals surface area contributed by atoms with E-state index in [1.165, 1.54) is 12.0 Å². The first-order valence-electron chi connectivity index (χ1n) is 7.21. The molecule has 2 rings (SSSR count). The molecule has 1 aliphatic heterocycles. The maximum atomic E-state index is 12.3. The van der Waals surface area contributed by atoms with Gasteiger partial charge in [0.05, 0.1) is 7.11 Å². The standard InChI is InChI=1S/C17H21NO4/c1-17(2,3)22-16(20)18-11-10-13(14(18)15(19)21-4)12-8-6-5-7-9-12/h5-9H,10-11H2,1-4H3. The number of esters is 1. The highest BCUT2D eigenvalue weighted by molar-refractivity contribution is 6.01. The van der Waals surface area contributed by atoms with Crippen LogP contribution in [0.1, 0.15) is 32.8 Å². The van der Waals surface area contributed by atoms with Crippen LogP contribution in [0.4, 0.5) is 4.79 Å². The van der Waals surface area contributed by atoms with Gasteiger partial charge >= 0.3 is 12.1 Å². The minimum atomic E-state index is -0.617. The van der Waals surface area contributed by atoms with Crippen LogP contribution >= 0.6 is 0 Å². The van der Waals surface area contributed by atoms with Crippen LogP contribution in [0.25, 0.3) is 5.57 Å². The first-order valence-corrected chi connectivity index (χ1v) is 7.21. The number of hydrogen-bond acceptors (Lipinski definition) is 4. The van der Waals surface area contributed by atoms with E-state index in [4.69, 9.17) is 9.47 Å². The van der Waals surface area contributed by atoms with E-state index in [1.807, 2.05) is 30.3 Å². The van der Waals surface area contributed by atoms with Gasteiger partial charge in [-0.05, 0) is 38.3 Å². The highest BCUT2D eigenvalue weighted by atomic mass is 16.6. The van der Waals surface area contributed by atoms with Crippen molar-refractivity contribution < 1.29 is 19.1 Å². The summed E-state index contributed by atoms with van der Waals surface area (Å²) < 4.78 is 10.2. The fraction of sp³-hybridized carbons (Fsp3) is 0.412. The Morgan fingerprint density at radius 2 is 1.77 bits per heavy atom. The smallest absolute Gasteiger partial charge is 0.415 e. The summed E-state index contributed by atoms with van der Waals surface area (Å²) >= 11 is 0. The summed E-state index contributed by atoms with van der Waals surface area (Å²) in [5.41, 5.74) is 1.36. The minimum Gasteiger partial charge on any atom is -0.464 e. The number of hydrogen-bond donors (Lipinski definition) is 0. The van der Waals surface area contributed by atoms with E-state index in [-0.39, 0.29) is 5.70 Å². The predicted molar refractivity (Wildman–Crippen MR) is 82.9 cm³/mol. The van der Waals surface area contributed by atoms with Crippen molar-refractivity contribution >= 4 is 17.6 Å². The van der Waals surface area contributed by atoms with E-state index >= 15 is 0 Å². The third-order valence-electron chi connectivity index (χ3n) is 3.26. The van der Waals surface area contributed by atoms with Gasteiger partial charge < -0.3 is 9.47 Å². The zero-order chi connectivity index (χ0) is 16.3. The Morgan fingerprint density at radius 1 is 1.14 bits per heavy atom. The molecule has 0 saturated carbocycles. The molecule has 1 aliphatic rings. The SMILES string of the molecule is COC(=O)C1=C(c2ccccc2)CCN1C(=O)OC(C)(C)C. The molecule has 0 atom stereocenters. The highest BCUT2D eigenvalue weighted by Gasteiger charge is 2.35. The number of rotatable bonds is 2. The van der Waals surface area contributed by atoms with Gasteiger partial charge in [-0.15, -0.1) is 0 Å². The number of amides is 1. The molecule has 5 nitrogen and oxygen atoms in total. The van der Waals surface area contributed by atoms with Gasteiger partial charge in [-0.1, -0.05) is 30.3 Å². The fourth-order valence-corrected chi connectivity index (χ4v) is 2.37. The van der Waals surface area contributed by atoms with E-state index in [9.17, 15) is 9.59 Å². The van der Waals surface area contributed by atoms with Crippen molar-refractivity contribution in [3.63, 3.8) is 0 Å². The summed E-state index contributed by atoms with van der Waals surface area (Å²) in [7, 11) is 1.31. The molecule has 0 spiro atoms. The summed E-state index contributed by atoms with van der Waals surface area (Å²) in [4.78, 5) is 25.8. The summed E-state index contributed by atoms with van der Waals surface area (Å²) in [5.74, 6) is -0.526. The lowest BCUT2D eigenvalue weighted by Gasteiger charge is -2.25. The van der Waals surface area contributed by atoms with Crippen molar-refractivity contribution in [2.45, 2.75) is 32.8 Å². The lowest BCUT2D eigenvalue weighted by molar-refractivity contribution is -0.137. The van der Waals surface area contributed by atoms with Gasteiger partial charge in [0.25, 0.3) is 0 Å². The average Bonchev–Trinajstić information content (AvgIpc) is 2.90. The number of ether oxygens (including phenoxy) is 2. The van der Waals surface area contributed by atoms with Crippen LogP contribution in [-0.4, -0.2) is 36.2 Å². The second kappa shape index (κ2) is 6.22. The Labute approximate surface area is 130 Å². The van der Waals surface area contributed by atoms with Crippen molar-refractivity contribution in [1.82, 2.24) is 4.90 Å². The largest absolute Gasteiger partial charge is 0.464 e. The van der Waals surface area contributed by atoms with Crippen molar-refractivity contribution in [3.05, 3.63) is 41.6 Å². The van der Waals surface area contributed by atoms with Crippen molar-refractivity contribution in [3.8, 4) is 0 Å². The molecule has 1 aromatic rings. The summed E-state index contributed by atoms with van der Waals surface area (Å²) in [6.07, 6.45) is 0.0621. The monoisotopic (exact) mass is 303 g/mol. The van der Waals surface area contributed by atoms with Crippen molar-refractivity contribution in [2.24, 2.45) is 0 Å². The van der Waals surface area contributed by atoms with Gasteiger partial charge in [0, 0.05) is 6.54 Å². The van der Waals surface area contributed by atoms with Crippen LogP contribution in [0.5, 0.6) is 0 Å². The van der Waals surface area contributed by atoms with E-state index in [1.54, 1.807) is 20.8 Å². The van der Waals surface area contributed by atoms with Gasteiger partial charge in [0.1, 0.15) is 11.3 Å². The van der Waals surface area contributed by atoms with Crippen LogP contribution in [0.3, 0.4) is 0 Å². The average molecular weight is 303 g/mol. The topological polar surface area (TPSA) is 55.8 Å². The molecule has 0 radical (unpaired) electrons. The van der Waals surface area contributed by atoms with Gasteiger partial charge in [0.15, 0.2) is 0 Å². The van der Waals surface area contributed by atoms with Crippen molar-refractivity contribution in [2.75, 3.05) is 13.7 Å². The maximum Gasteiger partial charge on any atom is 0.415 e. The molecule has 0 N–H and O–H groups in total. The van der Waals surface area contributed by atoms with Crippen molar-refractivity contribution in [1.29, 1.82) is 0 Å². The van der Waals surface area contributed by atoms with E-state index < -0.39 is 17.7 Å². The Balaban J connectivity index is 2.39. The Morgan fingerprint density at radius 3 is 2.32 bits per heavy atom. The molecule has 0 bridgehead atoms. The maximum absolute atomic E-state index is 12.3. The van der Waals surface area contributed by atoms with Gasteiger partial charge in [0.2, 0.25) is 0 Å². The van der Waals surface area contributed by atoms with Crippen LogP contribution in [-0.2, 0) is 14.3 Å². The fourth-order valence-electron chi connectivity index (χ4n) is 2.37. The Bertz CT molecular complexity index is 599. The minimum absolute atomic E-state index is 0.267. The van der Waals surface area contributed by atoms with Gasteiger partial charge in [-0.3, -0.25) is 4.90 Å². The third-order valence-corrected chi connectivity index (χ3v) is 3.26. The molecule has 0 unspecified atom stereocenters. The summed E-state index contributed by atoms with van der Waals surface area (Å²) in [6, 6.07) is 9.52. The number of nitrogens with zero attached hydrogens (tertiary/aromatic N) is 1. The molecule has 22 heavy (non-hydrogen) atoms. The Kier molecular flexibility index (Phi) is 4.54. The molecule has 1 heterocycles. The molecule has 0 aliphatic carbocycles. The van der Waals surface area contributed by atoms with Gasteiger partial charge in [-0.2, -0.15) is 0 Å². The number of carbonyl (C=O) groups is 2. The third kappa shape index (κ3) is 3.47. The molecule has 0 fully saturated rings. The van der Waals surface area contributed by atoms with E-state index in [0.29, 0.717) is 13.0 Å². The molecule has 0 saturated heterocycles. The zero-order valence-electron chi connectivity index (χ0n) is 13.4. The van der Waals surface area contributed by atoms with Gasteiger partial charge in [-0.25, -0.2) is 9.59 Å². The second-order valence-corrected chi connectivity index (χ2v) is 6.07. The molecule has 0 aromatic heterocycles. The number of methoxy groups -OCH3 is 1. The molecule has 1 amide bonds. The summed E-state index contributed by atoms with van der Waals surface area (Å²) in [6.45, 7) is 5.78.